The van der Waals surface area contributed by atoms with Crippen LogP contribution in [0.2, 0.25) is 0 Å². The lowest BCUT2D eigenvalue weighted by molar-refractivity contribution is 0.523. The van der Waals surface area contributed by atoms with E-state index in [1.807, 2.05) is 27.0 Å². The van der Waals surface area contributed by atoms with E-state index in [0.29, 0.717) is 5.69 Å². The third-order valence-electron chi connectivity index (χ3n) is 1.97. The molecule has 0 aromatic heterocycles. The van der Waals surface area contributed by atoms with Crippen molar-refractivity contribution in [2.24, 2.45) is 0 Å². The highest BCUT2D eigenvalue weighted by Crippen LogP contribution is 2.17. The summed E-state index contributed by atoms with van der Waals surface area (Å²) >= 11 is 0. The van der Waals surface area contributed by atoms with Crippen LogP contribution in [0.4, 0.5) is 10.1 Å². The zero-order valence-electron chi connectivity index (χ0n) is 8.89. The Kier molecular flexibility index (Phi) is 3.47. The molecule has 0 spiro atoms. The van der Waals surface area contributed by atoms with Crippen LogP contribution in [0.3, 0.4) is 0 Å². The maximum Gasteiger partial charge on any atom is 0.146 e. The van der Waals surface area contributed by atoms with Crippen molar-refractivity contribution in [1.29, 1.82) is 0 Å². The topological polar surface area (TPSA) is 24.1 Å². The molecule has 78 valence electrons. The number of hydrogen-bond donors (Lipinski definition) is 2. The lowest BCUT2D eigenvalue weighted by Gasteiger charge is -2.27. The summed E-state index contributed by atoms with van der Waals surface area (Å²) in [5, 5.41) is 6.21. The van der Waals surface area contributed by atoms with E-state index in [0.717, 1.165) is 6.54 Å². The van der Waals surface area contributed by atoms with E-state index >= 15 is 0 Å². The molecule has 0 aliphatic rings. The lowest BCUT2D eigenvalue weighted by Crippen LogP contribution is -2.40. The number of halogens is 1. The number of likely N-dealkylation sites (N-methyl/N-ethyl adjacent to an activating group) is 1. The Morgan fingerprint density at radius 1 is 1.29 bits per heavy atom. The second-order valence-electron chi connectivity index (χ2n) is 4.02. The molecule has 2 nitrogen and oxygen atoms in total. The van der Waals surface area contributed by atoms with Crippen molar-refractivity contribution < 1.29 is 4.39 Å². The van der Waals surface area contributed by atoms with Crippen molar-refractivity contribution in [1.82, 2.24) is 5.32 Å². The number of benzene rings is 1. The fourth-order valence-electron chi connectivity index (χ4n) is 1.41. The van der Waals surface area contributed by atoms with Gasteiger partial charge in [0.1, 0.15) is 5.82 Å². The van der Waals surface area contributed by atoms with Crippen LogP contribution in [-0.4, -0.2) is 19.1 Å². The highest BCUT2D eigenvalue weighted by molar-refractivity contribution is 5.46. The standard InChI is InChI=1S/C11H17FN2/c1-11(2,8-13-3)14-10-7-5-4-6-9(10)12/h4-7,13-14H,8H2,1-3H3. The Labute approximate surface area is 84.5 Å². The van der Waals surface area contributed by atoms with Gasteiger partial charge < -0.3 is 10.6 Å². The van der Waals surface area contributed by atoms with E-state index in [1.165, 1.54) is 6.07 Å². The van der Waals surface area contributed by atoms with E-state index in [9.17, 15) is 4.39 Å². The minimum atomic E-state index is -0.211. The second-order valence-corrected chi connectivity index (χ2v) is 4.02. The summed E-state index contributed by atoms with van der Waals surface area (Å²) in [6, 6.07) is 6.71. The van der Waals surface area contributed by atoms with Crippen LogP contribution in [0.1, 0.15) is 13.8 Å². The average molecular weight is 196 g/mol. The molecule has 1 rings (SSSR count). The highest BCUT2D eigenvalue weighted by atomic mass is 19.1. The minimum absolute atomic E-state index is 0.156. The summed E-state index contributed by atoms with van der Waals surface area (Å²) in [5.41, 5.74) is 0.393. The molecule has 0 atom stereocenters. The monoisotopic (exact) mass is 196 g/mol. The number of anilines is 1. The summed E-state index contributed by atoms with van der Waals surface area (Å²) in [5.74, 6) is -0.211. The molecule has 1 aromatic carbocycles. The van der Waals surface area contributed by atoms with Gasteiger partial charge in [0.15, 0.2) is 0 Å². The van der Waals surface area contributed by atoms with Crippen LogP contribution in [0, 0.1) is 5.82 Å². The first-order valence-electron chi connectivity index (χ1n) is 4.72. The third kappa shape index (κ3) is 3.00. The molecule has 0 bridgehead atoms. The molecule has 0 unspecified atom stereocenters. The minimum Gasteiger partial charge on any atom is -0.377 e. The van der Waals surface area contributed by atoms with Gasteiger partial charge in [-0.05, 0) is 33.0 Å². The molecular weight excluding hydrogens is 179 g/mol. The molecule has 0 aliphatic carbocycles. The van der Waals surface area contributed by atoms with Crippen LogP contribution in [0.25, 0.3) is 0 Å². The Bertz CT molecular complexity index is 297. The normalized spacial score (nSPS) is 11.4. The van der Waals surface area contributed by atoms with Gasteiger partial charge >= 0.3 is 0 Å². The fourth-order valence-corrected chi connectivity index (χ4v) is 1.41. The predicted octanol–water partition coefficient (Wildman–Crippen LogP) is 2.24. The van der Waals surface area contributed by atoms with Crippen molar-refractivity contribution in [3.8, 4) is 0 Å². The smallest absolute Gasteiger partial charge is 0.146 e. The molecule has 1 aromatic rings. The number of para-hydroxylation sites is 1. The van der Waals surface area contributed by atoms with Crippen LogP contribution < -0.4 is 10.6 Å². The Hall–Kier alpha value is -1.09. The van der Waals surface area contributed by atoms with Crippen molar-refractivity contribution in [2.75, 3.05) is 18.9 Å². The number of hydrogen-bond acceptors (Lipinski definition) is 2. The zero-order valence-corrected chi connectivity index (χ0v) is 8.89. The van der Waals surface area contributed by atoms with Crippen molar-refractivity contribution in [3.63, 3.8) is 0 Å². The van der Waals surface area contributed by atoms with Gasteiger partial charge in [0, 0.05) is 12.1 Å². The highest BCUT2D eigenvalue weighted by Gasteiger charge is 2.17. The maximum atomic E-state index is 13.3. The van der Waals surface area contributed by atoms with Crippen molar-refractivity contribution in [2.45, 2.75) is 19.4 Å². The van der Waals surface area contributed by atoms with Gasteiger partial charge in [-0.25, -0.2) is 4.39 Å². The molecule has 0 heterocycles. The van der Waals surface area contributed by atoms with Crippen molar-refractivity contribution in [3.05, 3.63) is 30.1 Å². The average Bonchev–Trinajstić information content (AvgIpc) is 2.08. The van der Waals surface area contributed by atoms with Crippen LogP contribution in [-0.2, 0) is 0 Å². The molecule has 2 N–H and O–H groups in total. The van der Waals surface area contributed by atoms with E-state index in [4.69, 9.17) is 0 Å². The van der Waals surface area contributed by atoms with Gasteiger partial charge in [-0.3, -0.25) is 0 Å². The Morgan fingerprint density at radius 3 is 2.50 bits per heavy atom. The largest absolute Gasteiger partial charge is 0.377 e. The van der Waals surface area contributed by atoms with Gasteiger partial charge in [-0.2, -0.15) is 0 Å². The molecule has 0 aliphatic heterocycles. The van der Waals surface area contributed by atoms with Crippen LogP contribution >= 0.6 is 0 Å². The maximum absolute atomic E-state index is 13.3. The lowest BCUT2D eigenvalue weighted by atomic mass is 10.1. The van der Waals surface area contributed by atoms with E-state index < -0.39 is 0 Å². The van der Waals surface area contributed by atoms with Gasteiger partial charge in [0.2, 0.25) is 0 Å². The van der Waals surface area contributed by atoms with Crippen LogP contribution in [0.5, 0.6) is 0 Å². The molecule has 0 saturated carbocycles. The quantitative estimate of drug-likeness (QED) is 0.771. The second kappa shape index (κ2) is 4.42. The summed E-state index contributed by atoms with van der Waals surface area (Å²) in [6.45, 7) is 4.83. The molecule has 0 fully saturated rings. The molecular formula is C11H17FN2. The first-order valence-corrected chi connectivity index (χ1v) is 4.72. The fraction of sp³-hybridized carbons (Fsp3) is 0.455. The first kappa shape index (κ1) is 11.0. The van der Waals surface area contributed by atoms with Gasteiger partial charge in [-0.15, -0.1) is 0 Å². The van der Waals surface area contributed by atoms with E-state index in [2.05, 4.69) is 10.6 Å². The van der Waals surface area contributed by atoms with Gasteiger partial charge in [-0.1, -0.05) is 12.1 Å². The van der Waals surface area contributed by atoms with E-state index in [1.54, 1.807) is 12.1 Å². The first-order chi connectivity index (χ1) is 6.55. The van der Waals surface area contributed by atoms with Crippen LogP contribution in [0.15, 0.2) is 24.3 Å². The summed E-state index contributed by atoms with van der Waals surface area (Å²) in [4.78, 5) is 0. The molecule has 3 heteroatoms. The molecule has 0 amide bonds. The number of rotatable bonds is 4. The van der Waals surface area contributed by atoms with E-state index in [-0.39, 0.29) is 11.4 Å². The molecule has 0 radical (unpaired) electrons. The predicted molar refractivity (Wildman–Crippen MR) is 58.0 cm³/mol. The van der Waals surface area contributed by atoms with Gasteiger partial charge in [0.05, 0.1) is 5.69 Å². The van der Waals surface area contributed by atoms with Crippen molar-refractivity contribution >= 4 is 5.69 Å². The zero-order chi connectivity index (χ0) is 10.6. The summed E-state index contributed by atoms with van der Waals surface area (Å²) < 4.78 is 13.3. The summed E-state index contributed by atoms with van der Waals surface area (Å²) in [7, 11) is 1.88. The molecule has 14 heavy (non-hydrogen) atoms. The Balaban J connectivity index is 2.73. The Morgan fingerprint density at radius 2 is 1.93 bits per heavy atom. The molecule has 0 saturated heterocycles. The third-order valence-corrected chi connectivity index (χ3v) is 1.97. The van der Waals surface area contributed by atoms with Gasteiger partial charge in [0.25, 0.3) is 0 Å². The SMILES string of the molecule is CNCC(C)(C)Nc1ccccc1F. The number of nitrogens with one attached hydrogen (secondary N) is 2. The summed E-state index contributed by atoms with van der Waals surface area (Å²) in [6.07, 6.45) is 0.